The van der Waals surface area contributed by atoms with Crippen LogP contribution >= 0.6 is 0 Å². The summed E-state index contributed by atoms with van der Waals surface area (Å²) in [5.41, 5.74) is 0.304. The molecule has 6 heteroatoms. The van der Waals surface area contributed by atoms with Crippen molar-refractivity contribution in [1.82, 2.24) is 5.12 Å². The highest BCUT2D eigenvalue weighted by Crippen LogP contribution is 2.19. The summed E-state index contributed by atoms with van der Waals surface area (Å²) in [7, 11) is 1.27. The third kappa shape index (κ3) is 2.80. The molecule has 0 saturated carbocycles. The molecule has 1 N–H and O–H groups in total. The molecule has 1 aromatic rings. The number of ether oxygens (including phenoxy) is 1. The lowest BCUT2D eigenvalue weighted by Crippen LogP contribution is -2.19. The van der Waals surface area contributed by atoms with Crippen molar-refractivity contribution in [3.05, 3.63) is 29.6 Å². The summed E-state index contributed by atoms with van der Waals surface area (Å²) in [6, 6.07) is 3.61. The number of amides is 1. The van der Waals surface area contributed by atoms with Gasteiger partial charge in [0.2, 0.25) is 0 Å². The van der Waals surface area contributed by atoms with Gasteiger partial charge < -0.3 is 9.84 Å². The number of rotatable bonds is 3. The Balaban J connectivity index is 2.83. The maximum atomic E-state index is 12.9. The first-order chi connectivity index (χ1) is 7.04. The Labute approximate surface area is 84.6 Å². The number of hydrogen-bond acceptors (Lipinski definition) is 2. The molecule has 1 aromatic carbocycles. The molecule has 0 saturated heterocycles. The van der Waals surface area contributed by atoms with Crippen molar-refractivity contribution in [1.29, 1.82) is 0 Å². The number of carbonyl (C=O) groups is 1. The molecule has 4 nitrogen and oxygen atoms in total. The molecular formula is C9H9F2NO3. The smallest absolute Gasteiger partial charge is 0.435 e. The quantitative estimate of drug-likeness (QED) is 0.789. The molecule has 1 rings (SSSR count). The van der Waals surface area contributed by atoms with Crippen LogP contribution in [0.5, 0.6) is 5.75 Å². The van der Waals surface area contributed by atoms with E-state index in [9.17, 15) is 13.7 Å². The minimum Gasteiger partial charge on any atom is -0.494 e. The van der Waals surface area contributed by atoms with Crippen molar-refractivity contribution in [2.75, 3.05) is 7.11 Å². The highest BCUT2D eigenvalue weighted by atomic mass is 19.2. The van der Waals surface area contributed by atoms with Gasteiger partial charge in [-0.15, -0.1) is 5.12 Å². The molecule has 0 unspecified atom stereocenters. The number of nitrogens with zero attached hydrogens (tertiary/aromatic N) is 1. The molecule has 15 heavy (non-hydrogen) atoms. The van der Waals surface area contributed by atoms with E-state index in [4.69, 9.17) is 5.11 Å². The summed E-state index contributed by atoms with van der Waals surface area (Å²) < 4.78 is 30.2. The Morgan fingerprint density at radius 2 is 2.27 bits per heavy atom. The highest BCUT2D eigenvalue weighted by Gasteiger charge is 2.12. The fraction of sp³-hybridized carbons (Fsp3) is 0.222. The monoisotopic (exact) mass is 217 g/mol. The van der Waals surface area contributed by atoms with Gasteiger partial charge in [-0.2, -0.15) is 0 Å². The van der Waals surface area contributed by atoms with E-state index in [1.807, 2.05) is 0 Å². The van der Waals surface area contributed by atoms with E-state index in [1.54, 1.807) is 0 Å². The summed E-state index contributed by atoms with van der Waals surface area (Å²) in [5, 5.41) is 7.87. The summed E-state index contributed by atoms with van der Waals surface area (Å²) in [6.45, 7) is -0.466. The van der Waals surface area contributed by atoms with Crippen LogP contribution in [0, 0.1) is 5.82 Å². The zero-order valence-electron chi connectivity index (χ0n) is 7.91. The first kappa shape index (κ1) is 11.2. The standard InChI is InChI=1S/C9H9F2NO3/c1-15-8-4-6(2-3-7(8)10)5-12(11)9(13)14/h2-4H,5H2,1H3,(H,13,14). The second-order valence-corrected chi connectivity index (χ2v) is 2.77. The summed E-state index contributed by atoms with van der Waals surface area (Å²) in [5.74, 6) is -0.631. The van der Waals surface area contributed by atoms with Crippen LogP contribution in [0.2, 0.25) is 0 Å². The third-order valence-electron chi connectivity index (χ3n) is 1.74. The predicted molar refractivity (Wildman–Crippen MR) is 47.6 cm³/mol. The van der Waals surface area contributed by atoms with E-state index in [-0.39, 0.29) is 5.75 Å². The predicted octanol–water partition coefficient (Wildman–Crippen LogP) is 2.20. The maximum absolute atomic E-state index is 12.9. The number of benzene rings is 1. The largest absolute Gasteiger partial charge is 0.494 e. The Bertz CT molecular complexity index is 370. The van der Waals surface area contributed by atoms with Gasteiger partial charge in [0.15, 0.2) is 11.6 Å². The molecule has 0 aromatic heterocycles. The van der Waals surface area contributed by atoms with Gasteiger partial charge in [0.25, 0.3) is 0 Å². The first-order valence-electron chi connectivity index (χ1n) is 4.03. The zero-order valence-corrected chi connectivity index (χ0v) is 7.91. The topological polar surface area (TPSA) is 49.8 Å². The molecule has 0 heterocycles. The second-order valence-electron chi connectivity index (χ2n) is 2.77. The summed E-state index contributed by atoms with van der Waals surface area (Å²) in [6.07, 6.45) is -1.70. The van der Waals surface area contributed by atoms with Crippen LogP contribution < -0.4 is 4.74 Å². The lowest BCUT2D eigenvalue weighted by Gasteiger charge is -2.09. The van der Waals surface area contributed by atoms with Crippen LogP contribution in [0.1, 0.15) is 5.56 Å². The summed E-state index contributed by atoms with van der Waals surface area (Å²) in [4.78, 5) is 10.2. The van der Waals surface area contributed by atoms with Gasteiger partial charge >= 0.3 is 6.09 Å². The van der Waals surface area contributed by atoms with Crippen molar-refractivity contribution >= 4 is 6.09 Å². The third-order valence-corrected chi connectivity index (χ3v) is 1.74. The van der Waals surface area contributed by atoms with Gasteiger partial charge in [-0.1, -0.05) is 10.5 Å². The van der Waals surface area contributed by atoms with Crippen LogP contribution in [-0.4, -0.2) is 23.4 Å². The highest BCUT2D eigenvalue weighted by molar-refractivity contribution is 5.63. The maximum Gasteiger partial charge on any atom is 0.435 e. The van der Waals surface area contributed by atoms with Crippen LogP contribution in [0.4, 0.5) is 13.7 Å². The second kappa shape index (κ2) is 4.59. The molecular weight excluding hydrogens is 208 g/mol. The van der Waals surface area contributed by atoms with E-state index in [2.05, 4.69) is 4.74 Å². The van der Waals surface area contributed by atoms with Gasteiger partial charge in [-0.25, -0.2) is 9.18 Å². The van der Waals surface area contributed by atoms with E-state index in [0.29, 0.717) is 5.56 Å². The van der Waals surface area contributed by atoms with Crippen LogP contribution in [0.15, 0.2) is 18.2 Å². The minimum absolute atomic E-state index is 0.0497. The molecule has 0 fully saturated rings. The molecule has 0 aliphatic rings. The lowest BCUT2D eigenvalue weighted by atomic mass is 10.2. The number of halogens is 2. The van der Waals surface area contributed by atoms with E-state index in [1.165, 1.54) is 19.2 Å². The van der Waals surface area contributed by atoms with Gasteiger partial charge in [0.05, 0.1) is 13.7 Å². The first-order valence-corrected chi connectivity index (χ1v) is 4.03. The fourth-order valence-electron chi connectivity index (χ4n) is 1.03. The van der Waals surface area contributed by atoms with E-state index >= 15 is 0 Å². The average Bonchev–Trinajstić information content (AvgIpc) is 2.20. The van der Waals surface area contributed by atoms with Crippen molar-refractivity contribution in [3.63, 3.8) is 0 Å². The number of methoxy groups -OCH3 is 1. The lowest BCUT2D eigenvalue weighted by molar-refractivity contribution is 0.0250. The average molecular weight is 217 g/mol. The van der Waals surface area contributed by atoms with Crippen molar-refractivity contribution in [2.24, 2.45) is 0 Å². The van der Waals surface area contributed by atoms with Gasteiger partial charge in [-0.3, -0.25) is 0 Å². The number of hydrogen-bond donors (Lipinski definition) is 1. The Kier molecular flexibility index (Phi) is 3.43. The Morgan fingerprint density at radius 3 is 2.80 bits per heavy atom. The Morgan fingerprint density at radius 1 is 1.60 bits per heavy atom. The van der Waals surface area contributed by atoms with Gasteiger partial charge in [0.1, 0.15) is 0 Å². The SMILES string of the molecule is COc1cc(CN(F)C(=O)O)ccc1F. The Hall–Kier alpha value is -1.85. The molecule has 0 aliphatic heterocycles. The fourth-order valence-corrected chi connectivity index (χ4v) is 1.03. The van der Waals surface area contributed by atoms with Crippen LogP contribution in [-0.2, 0) is 6.54 Å². The van der Waals surface area contributed by atoms with Crippen LogP contribution in [0.3, 0.4) is 0 Å². The zero-order chi connectivity index (χ0) is 11.4. The molecule has 0 spiro atoms. The molecule has 0 bridgehead atoms. The van der Waals surface area contributed by atoms with Gasteiger partial charge in [0, 0.05) is 0 Å². The van der Waals surface area contributed by atoms with E-state index < -0.39 is 23.6 Å². The number of carboxylic acid groups (broad SMARTS) is 1. The molecule has 1 amide bonds. The molecule has 0 radical (unpaired) electrons. The summed E-state index contributed by atoms with van der Waals surface area (Å²) >= 11 is 0. The van der Waals surface area contributed by atoms with E-state index in [0.717, 1.165) is 6.07 Å². The van der Waals surface area contributed by atoms with Crippen LogP contribution in [0.25, 0.3) is 0 Å². The van der Waals surface area contributed by atoms with Crippen molar-refractivity contribution in [2.45, 2.75) is 6.54 Å². The minimum atomic E-state index is -1.70. The van der Waals surface area contributed by atoms with Gasteiger partial charge in [-0.05, 0) is 17.7 Å². The molecule has 82 valence electrons. The van der Waals surface area contributed by atoms with Crippen molar-refractivity contribution in [3.8, 4) is 5.75 Å². The molecule has 0 aliphatic carbocycles. The van der Waals surface area contributed by atoms with Crippen molar-refractivity contribution < 1.29 is 23.5 Å². The normalized spacial score (nSPS) is 9.80. The molecule has 0 atom stereocenters.